The van der Waals surface area contributed by atoms with Crippen molar-refractivity contribution in [2.45, 2.75) is 32.7 Å². The van der Waals surface area contributed by atoms with Crippen molar-refractivity contribution >= 4 is 5.91 Å². The van der Waals surface area contributed by atoms with Crippen molar-refractivity contribution in [3.63, 3.8) is 0 Å². The number of nitrogens with zero attached hydrogens (tertiary/aromatic N) is 1. The van der Waals surface area contributed by atoms with Crippen LogP contribution in [0.2, 0.25) is 0 Å². The summed E-state index contributed by atoms with van der Waals surface area (Å²) in [6, 6.07) is 1.87. The molecule has 0 N–H and O–H groups in total. The van der Waals surface area contributed by atoms with Gasteiger partial charge in [0.15, 0.2) is 11.5 Å². The molecule has 5 nitrogen and oxygen atoms in total. The number of hydrogen-bond acceptors (Lipinski definition) is 4. The highest BCUT2D eigenvalue weighted by Crippen LogP contribution is 2.44. The number of hydrogen-bond donors (Lipinski definition) is 0. The van der Waals surface area contributed by atoms with Gasteiger partial charge in [-0.2, -0.15) is 0 Å². The van der Waals surface area contributed by atoms with Gasteiger partial charge in [-0.05, 0) is 38.8 Å². The topological polar surface area (TPSA) is 48.0 Å². The van der Waals surface area contributed by atoms with Crippen molar-refractivity contribution in [2.24, 2.45) is 0 Å². The Labute approximate surface area is 125 Å². The summed E-state index contributed by atoms with van der Waals surface area (Å²) in [6.45, 7) is 6.78. The van der Waals surface area contributed by atoms with E-state index in [1.807, 2.05) is 31.7 Å². The van der Waals surface area contributed by atoms with Crippen molar-refractivity contribution in [3.05, 3.63) is 17.2 Å². The SMILES string of the molecule is COc1cc2c(c(OC)c1OC)C(=O)N(C(C)(C)C)CC2. The van der Waals surface area contributed by atoms with E-state index < -0.39 is 0 Å². The second-order valence-electron chi connectivity index (χ2n) is 6.06. The lowest BCUT2D eigenvalue weighted by Crippen LogP contribution is -2.49. The van der Waals surface area contributed by atoms with Crippen LogP contribution in [0.15, 0.2) is 6.07 Å². The molecule has 5 heteroatoms. The highest BCUT2D eigenvalue weighted by atomic mass is 16.5. The third-order valence-corrected chi connectivity index (χ3v) is 3.79. The molecule has 0 unspecified atom stereocenters. The molecule has 1 amide bonds. The molecule has 116 valence electrons. The first-order valence-electron chi connectivity index (χ1n) is 6.99. The fourth-order valence-electron chi connectivity index (χ4n) is 2.75. The number of ether oxygens (including phenoxy) is 3. The Balaban J connectivity index is 2.64. The molecule has 1 heterocycles. The minimum atomic E-state index is -0.229. The van der Waals surface area contributed by atoms with Crippen LogP contribution in [-0.2, 0) is 6.42 Å². The molecule has 0 fully saturated rings. The molecule has 0 saturated heterocycles. The Hall–Kier alpha value is -1.91. The van der Waals surface area contributed by atoms with Crippen molar-refractivity contribution in [1.82, 2.24) is 4.90 Å². The molecular formula is C16H23NO4. The van der Waals surface area contributed by atoms with E-state index in [4.69, 9.17) is 14.2 Å². The van der Waals surface area contributed by atoms with Crippen molar-refractivity contribution in [1.29, 1.82) is 0 Å². The molecule has 0 saturated carbocycles. The zero-order valence-electron chi connectivity index (χ0n) is 13.6. The Morgan fingerprint density at radius 2 is 1.67 bits per heavy atom. The highest BCUT2D eigenvalue weighted by molar-refractivity contribution is 6.01. The predicted octanol–water partition coefficient (Wildman–Crippen LogP) is 2.51. The maximum atomic E-state index is 12.9. The van der Waals surface area contributed by atoms with Crippen molar-refractivity contribution < 1.29 is 19.0 Å². The van der Waals surface area contributed by atoms with Crippen LogP contribution in [-0.4, -0.2) is 44.2 Å². The normalized spacial score (nSPS) is 14.8. The molecule has 0 radical (unpaired) electrons. The third-order valence-electron chi connectivity index (χ3n) is 3.79. The first kappa shape index (κ1) is 15.5. The van der Waals surface area contributed by atoms with E-state index in [2.05, 4.69) is 0 Å². The van der Waals surface area contributed by atoms with E-state index in [1.165, 1.54) is 0 Å². The summed E-state index contributed by atoms with van der Waals surface area (Å²) < 4.78 is 16.2. The summed E-state index contributed by atoms with van der Waals surface area (Å²) in [4.78, 5) is 14.7. The largest absolute Gasteiger partial charge is 0.493 e. The molecule has 1 aromatic rings. The number of benzene rings is 1. The van der Waals surface area contributed by atoms with E-state index in [9.17, 15) is 4.79 Å². The van der Waals surface area contributed by atoms with E-state index in [0.717, 1.165) is 12.0 Å². The highest BCUT2D eigenvalue weighted by Gasteiger charge is 2.36. The molecule has 0 bridgehead atoms. The Bertz CT molecular complexity index is 560. The fourth-order valence-corrected chi connectivity index (χ4v) is 2.75. The standard InChI is InChI=1S/C16H23NO4/c1-16(2,3)17-8-7-10-9-11(19-4)13(20-5)14(21-6)12(10)15(17)18/h9H,7-8H2,1-6H3. The smallest absolute Gasteiger partial charge is 0.258 e. The molecule has 0 aromatic heterocycles. The van der Waals surface area contributed by atoms with Gasteiger partial charge in [0.05, 0.1) is 26.9 Å². The minimum Gasteiger partial charge on any atom is -0.493 e. The number of carbonyl (C=O) groups is 1. The van der Waals surface area contributed by atoms with Gasteiger partial charge in [-0.1, -0.05) is 0 Å². The monoisotopic (exact) mass is 293 g/mol. The number of methoxy groups -OCH3 is 3. The molecule has 0 aliphatic carbocycles. The van der Waals surface area contributed by atoms with Gasteiger partial charge in [0.1, 0.15) is 0 Å². The summed E-state index contributed by atoms with van der Waals surface area (Å²) in [5.41, 5.74) is 1.29. The molecule has 21 heavy (non-hydrogen) atoms. The van der Waals surface area contributed by atoms with Gasteiger partial charge in [-0.15, -0.1) is 0 Å². The van der Waals surface area contributed by atoms with Crippen LogP contribution in [0, 0.1) is 0 Å². The van der Waals surface area contributed by atoms with Crippen LogP contribution in [0.4, 0.5) is 0 Å². The summed E-state index contributed by atoms with van der Waals surface area (Å²) >= 11 is 0. The number of rotatable bonds is 3. The zero-order valence-corrected chi connectivity index (χ0v) is 13.6. The van der Waals surface area contributed by atoms with E-state index >= 15 is 0 Å². The second kappa shape index (κ2) is 5.47. The Kier molecular flexibility index (Phi) is 4.03. The fraction of sp³-hybridized carbons (Fsp3) is 0.562. The van der Waals surface area contributed by atoms with Crippen LogP contribution >= 0.6 is 0 Å². The second-order valence-corrected chi connectivity index (χ2v) is 6.06. The molecular weight excluding hydrogens is 270 g/mol. The number of carbonyl (C=O) groups excluding carboxylic acids is 1. The molecule has 1 aliphatic heterocycles. The average molecular weight is 293 g/mol. The first-order valence-corrected chi connectivity index (χ1v) is 6.99. The van der Waals surface area contributed by atoms with Gasteiger partial charge >= 0.3 is 0 Å². The first-order chi connectivity index (χ1) is 9.85. The molecule has 1 aliphatic rings. The molecule has 1 aromatic carbocycles. The number of amides is 1. The quantitative estimate of drug-likeness (QED) is 0.859. The summed E-state index contributed by atoms with van der Waals surface area (Å²) in [6.07, 6.45) is 0.773. The van der Waals surface area contributed by atoms with Gasteiger partial charge in [0.2, 0.25) is 5.75 Å². The van der Waals surface area contributed by atoms with Gasteiger partial charge < -0.3 is 19.1 Å². The van der Waals surface area contributed by atoms with E-state index in [-0.39, 0.29) is 11.4 Å². The maximum absolute atomic E-state index is 12.9. The Morgan fingerprint density at radius 1 is 1.05 bits per heavy atom. The predicted molar refractivity (Wildman–Crippen MR) is 80.6 cm³/mol. The van der Waals surface area contributed by atoms with Gasteiger partial charge in [0.25, 0.3) is 5.91 Å². The van der Waals surface area contributed by atoms with Crippen LogP contribution in [0.1, 0.15) is 36.7 Å². The summed E-state index contributed by atoms with van der Waals surface area (Å²) in [7, 11) is 4.66. The lowest BCUT2D eigenvalue weighted by Gasteiger charge is -2.39. The third kappa shape index (κ3) is 2.52. The lowest BCUT2D eigenvalue weighted by atomic mass is 9.93. The van der Waals surface area contributed by atoms with Gasteiger partial charge in [0, 0.05) is 12.1 Å². The molecule has 0 atom stereocenters. The number of fused-ring (bicyclic) bond motifs is 1. The van der Waals surface area contributed by atoms with Crippen molar-refractivity contribution in [2.75, 3.05) is 27.9 Å². The average Bonchev–Trinajstić information content (AvgIpc) is 2.43. The van der Waals surface area contributed by atoms with Crippen LogP contribution in [0.25, 0.3) is 0 Å². The van der Waals surface area contributed by atoms with Gasteiger partial charge in [-0.25, -0.2) is 0 Å². The van der Waals surface area contributed by atoms with Crippen LogP contribution in [0.3, 0.4) is 0 Å². The van der Waals surface area contributed by atoms with Crippen LogP contribution in [0.5, 0.6) is 17.2 Å². The Morgan fingerprint density at radius 3 is 2.14 bits per heavy atom. The van der Waals surface area contributed by atoms with Crippen molar-refractivity contribution in [3.8, 4) is 17.2 Å². The van der Waals surface area contributed by atoms with E-state index in [0.29, 0.717) is 29.4 Å². The van der Waals surface area contributed by atoms with Gasteiger partial charge in [-0.3, -0.25) is 4.79 Å². The molecule has 0 spiro atoms. The molecule has 2 rings (SSSR count). The minimum absolute atomic E-state index is 0.0263. The van der Waals surface area contributed by atoms with E-state index in [1.54, 1.807) is 21.3 Å². The maximum Gasteiger partial charge on any atom is 0.258 e. The van der Waals surface area contributed by atoms with Crippen LogP contribution < -0.4 is 14.2 Å². The zero-order chi connectivity index (χ0) is 15.8. The summed E-state index contributed by atoms with van der Waals surface area (Å²) in [5, 5.41) is 0. The lowest BCUT2D eigenvalue weighted by molar-refractivity contribution is 0.0557. The summed E-state index contributed by atoms with van der Waals surface area (Å²) in [5.74, 6) is 1.47.